The van der Waals surface area contributed by atoms with E-state index >= 15 is 0 Å². The van der Waals surface area contributed by atoms with Crippen LogP contribution in [0.4, 0.5) is 0 Å². The molecule has 0 aliphatic rings. The van der Waals surface area contributed by atoms with Gasteiger partial charge < -0.3 is 14.0 Å². The summed E-state index contributed by atoms with van der Waals surface area (Å²) in [4.78, 5) is 0. The van der Waals surface area contributed by atoms with Gasteiger partial charge >= 0.3 is 7.32 Å². The predicted molar refractivity (Wildman–Crippen MR) is 112 cm³/mol. The molecule has 0 rings (SSSR count). The smallest absolute Gasteiger partial charge is 0.371 e. The minimum Gasteiger partial charge on any atom is -0.371 e. The first-order valence-electron chi connectivity index (χ1n) is 4.38. The summed E-state index contributed by atoms with van der Waals surface area (Å²) in [7, 11) is -0.897. The molecule has 0 spiro atoms. The van der Waals surface area contributed by atoms with Gasteiger partial charge in [-0.2, -0.15) is 0 Å². The van der Waals surface area contributed by atoms with Crippen LogP contribution in [0.3, 0.4) is 0 Å². The summed E-state index contributed by atoms with van der Waals surface area (Å²) in [5.74, 6) is 0. The maximum Gasteiger partial charge on any atom is 0.642 e. The molecular weight excluding hydrogens is 850 g/mol. The summed E-state index contributed by atoms with van der Waals surface area (Å²) in [5, 5.41) is -1.03. The van der Waals surface area contributed by atoms with Crippen molar-refractivity contribution in [3.05, 3.63) is 0 Å². The van der Waals surface area contributed by atoms with Gasteiger partial charge in [0.25, 0.3) is 0 Å². The lowest BCUT2D eigenvalue weighted by atomic mass is 10.2. The van der Waals surface area contributed by atoms with Crippen molar-refractivity contribution in [2.45, 2.75) is 26.2 Å². The molecule has 0 aliphatic heterocycles. The number of rotatable bonds is 9. The molecule has 19 heavy (non-hydrogen) atoms. The van der Waals surface area contributed by atoms with Gasteiger partial charge in [0.05, 0.1) is 0 Å². The second kappa shape index (κ2) is 12.6. The topological polar surface area (TPSA) is 27.7 Å². The van der Waals surface area contributed by atoms with E-state index in [0.29, 0.717) is 0 Å². The lowest BCUT2D eigenvalue weighted by molar-refractivity contribution is 0.0856. The normalized spacial score (nSPS) is 17.1. The van der Waals surface area contributed by atoms with Crippen LogP contribution < -0.4 is 0 Å². The van der Waals surface area contributed by atoms with Crippen molar-refractivity contribution >= 4 is 151 Å². The van der Waals surface area contributed by atoms with Gasteiger partial charge in [-0.25, -0.2) is 0 Å². The molecule has 0 saturated carbocycles. The second-order valence-electron chi connectivity index (χ2n) is 2.75. The summed E-state index contributed by atoms with van der Waals surface area (Å²) < 4.78 is 16.5. The van der Waals surface area contributed by atoms with E-state index in [1.54, 1.807) is 0 Å². The Balaban J connectivity index is 4.54. The molecule has 3 nitrogen and oxygen atoms in total. The van der Waals surface area contributed by atoms with Gasteiger partial charge in [0.1, 0.15) is 26.2 Å². The van der Waals surface area contributed by atoms with Crippen molar-refractivity contribution in [2.24, 2.45) is 0 Å². The second-order valence-corrected chi connectivity index (χ2v) is 15.1. The highest BCUT2D eigenvalue weighted by atomic mass is 79.9. The van der Waals surface area contributed by atoms with Crippen LogP contribution in [0.15, 0.2) is 0 Å². The molecule has 0 aromatic rings. The van der Waals surface area contributed by atoms with Crippen molar-refractivity contribution in [1.29, 1.82) is 0 Å². The fraction of sp³-hybridized carbons (Fsp3) is 1.00. The minimum absolute atomic E-state index is 0.0928. The zero-order valence-electron chi connectivity index (χ0n) is 8.67. The Kier molecular flexibility index (Phi) is 15.4. The van der Waals surface area contributed by atoms with E-state index in [2.05, 4.69) is 143 Å². The van der Waals surface area contributed by atoms with Gasteiger partial charge in [-0.1, -0.05) is 143 Å². The van der Waals surface area contributed by atoms with Crippen molar-refractivity contribution < 1.29 is 14.0 Å². The fourth-order valence-corrected chi connectivity index (χ4v) is 1.87. The first-order chi connectivity index (χ1) is 8.65. The summed E-state index contributed by atoms with van der Waals surface area (Å²) in [6.07, 6.45) is 0. The average molecular weight is 856 g/mol. The Morgan fingerprint density at radius 1 is 0.474 bits per heavy atom. The molecule has 3 unspecified atom stereocenters. The van der Waals surface area contributed by atoms with E-state index in [4.69, 9.17) is 14.0 Å². The number of halogens is 9. The van der Waals surface area contributed by atoms with Gasteiger partial charge in [-0.05, 0) is 0 Å². The van der Waals surface area contributed by atoms with Crippen molar-refractivity contribution in [3.8, 4) is 0 Å². The van der Waals surface area contributed by atoms with Crippen LogP contribution in [0.2, 0.25) is 0 Å². The van der Waals surface area contributed by atoms with Gasteiger partial charge in [-0.15, -0.1) is 0 Å². The highest BCUT2D eigenvalue weighted by Crippen LogP contribution is 2.28. The van der Waals surface area contributed by atoms with Crippen LogP contribution in [0.25, 0.3) is 0 Å². The molecule has 0 saturated heterocycles. The summed E-state index contributed by atoms with van der Waals surface area (Å²) in [6.45, 7) is 0. The molecule has 3 atom stereocenters. The van der Waals surface area contributed by atoms with E-state index in [9.17, 15) is 0 Å². The van der Waals surface area contributed by atoms with Gasteiger partial charge in [0.15, 0.2) is 0 Å². The quantitative estimate of drug-likeness (QED) is 0.195. The van der Waals surface area contributed by atoms with E-state index in [0.717, 1.165) is 0 Å². The zero-order valence-corrected chi connectivity index (χ0v) is 22.9. The largest absolute Gasteiger partial charge is 0.642 e. The maximum absolute atomic E-state index is 5.59. The first kappa shape index (κ1) is 23.3. The molecule has 0 aromatic carbocycles. The third kappa shape index (κ3) is 11.4. The zero-order chi connectivity index (χ0) is 15.2. The third-order valence-corrected chi connectivity index (χ3v) is 10.7. The molecular formula is C6H6BBr9O3. The van der Waals surface area contributed by atoms with Crippen molar-refractivity contribution in [2.75, 3.05) is 0 Å². The number of hydrogen-bond donors (Lipinski definition) is 0. The Hall–Kier alpha value is 4.26. The molecule has 13 heteroatoms. The Labute approximate surface area is 188 Å². The first-order valence-corrected chi connectivity index (χ1v) is 12.6. The molecule has 0 amide bonds. The minimum atomic E-state index is -0.897. The molecule has 0 bridgehead atoms. The maximum atomic E-state index is 5.59. The van der Waals surface area contributed by atoms with E-state index in [1.807, 2.05) is 0 Å². The monoisotopic (exact) mass is 847 g/mol. The standard InChI is InChI=1S/C6H6BBr9O3/c8-1(9)4(14)17-7(18-5(15)2(10)11)19-6(16)3(12)13/h1-6H. The van der Waals surface area contributed by atoms with E-state index in [-0.39, 0.29) is 26.2 Å². The molecule has 0 fully saturated rings. The van der Waals surface area contributed by atoms with Crippen LogP contribution in [-0.4, -0.2) is 33.6 Å². The van der Waals surface area contributed by atoms with Gasteiger partial charge in [-0.3, -0.25) is 0 Å². The van der Waals surface area contributed by atoms with Crippen LogP contribution in [-0.2, 0) is 14.0 Å². The summed E-state index contributed by atoms with van der Waals surface area (Å²) in [6, 6.07) is 0. The average Bonchev–Trinajstić information content (AvgIpc) is 2.27. The highest BCUT2D eigenvalue weighted by Gasteiger charge is 2.34. The summed E-state index contributed by atoms with van der Waals surface area (Å²) >= 11 is 30.0. The SMILES string of the molecule is BrC(Br)C(Br)OB(OC(Br)C(Br)Br)OC(Br)C(Br)Br. The molecule has 0 radical (unpaired) electrons. The number of hydrogen-bond acceptors (Lipinski definition) is 3. The van der Waals surface area contributed by atoms with Gasteiger partial charge in [0, 0.05) is 0 Å². The predicted octanol–water partition coefficient (Wildman–Crippen LogP) is 6.53. The van der Waals surface area contributed by atoms with Gasteiger partial charge in [0.2, 0.25) is 0 Å². The van der Waals surface area contributed by atoms with Crippen LogP contribution in [0, 0.1) is 0 Å². The van der Waals surface area contributed by atoms with Crippen LogP contribution in [0.5, 0.6) is 0 Å². The lowest BCUT2D eigenvalue weighted by Gasteiger charge is -2.24. The molecule has 0 aromatic heterocycles. The Morgan fingerprint density at radius 2 is 0.684 bits per heavy atom. The molecule has 0 heterocycles. The summed E-state index contributed by atoms with van der Waals surface area (Å²) in [5.41, 5.74) is 0. The lowest BCUT2D eigenvalue weighted by Crippen LogP contribution is -2.38. The fourth-order valence-electron chi connectivity index (χ4n) is 0.593. The Morgan fingerprint density at radius 3 is 0.842 bits per heavy atom. The van der Waals surface area contributed by atoms with Crippen molar-refractivity contribution in [3.63, 3.8) is 0 Å². The molecule has 114 valence electrons. The third-order valence-electron chi connectivity index (χ3n) is 1.32. The van der Waals surface area contributed by atoms with Crippen LogP contribution >= 0.6 is 143 Å². The van der Waals surface area contributed by atoms with Crippen LogP contribution in [0.1, 0.15) is 0 Å². The van der Waals surface area contributed by atoms with E-state index in [1.165, 1.54) is 0 Å². The number of alkyl halides is 9. The highest BCUT2D eigenvalue weighted by molar-refractivity contribution is 9.26. The molecule has 0 N–H and O–H groups in total. The Bertz CT molecular complexity index is 208. The van der Waals surface area contributed by atoms with E-state index < -0.39 is 7.32 Å². The molecule has 0 aliphatic carbocycles. The van der Waals surface area contributed by atoms with Crippen molar-refractivity contribution in [1.82, 2.24) is 0 Å².